The highest BCUT2D eigenvalue weighted by Gasteiger charge is 2.00. The molecule has 1 aromatic rings. The van der Waals surface area contributed by atoms with Gasteiger partial charge in [0.15, 0.2) is 0 Å². The topological polar surface area (TPSA) is 80.9 Å². The molecule has 0 aliphatic rings. The number of rotatable bonds is 1. The van der Waals surface area contributed by atoms with Crippen molar-refractivity contribution in [2.75, 3.05) is 5.32 Å². The van der Waals surface area contributed by atoms with Crippen molar-refractivity contribution in [1.29, 1.82) is 0 Å². The van der Waals surface area contributed by atoms with Gasteiger partial charge in [-0.05, 0) is 6.92 Å². The average Bonchev–Trinajstić information content (AvgIpc) is 2.13. The molecule has 0 aromatic carbocycles. The van der Waals surface area contributed by atoms with Gasteiger partial charge in [-0.3, -0.25) is 5.32 Å². The predicted molar refractivity (Wildman–Crippen MR) is 37.9 cm³/mol. The van der Waals surface area contributed by atoms with Gasteiger partial charge in [0.25, 0.3) is 0 Å². The zero-order valence-corrected chi connectivity index (χ0v) is 6.10. The molecule has 0 unspecified atom stereocenters. The van der Waals surface area contributed by atoms with Crippen molar-refractivity contribution in [3.63, 3.8) is 0 Å². The number of carbonyl (C=O) groups excluding carboxylic acids is 1. The standard InChI is InChI=1S/C4H6N4OS/c1-2-7-8-4(10-2)6-3(5)9/h1H3,(H3,5,6,8,9). The number of nitrogens with zero attached hydrogens (tertiary/aromatic N) is 2. The Morgan fingerprint density at radius 2 is 2.40 bits per heavy atom. The Morgan fingerprint density at radius 3 is 2.80 bits per heavy atom. The van der Waals surface area contributed by atoms with Gasteiger partial charge in [-0.1, -0.05) is 11.3 Å². The van der Waals surface area contributed by atoms with Gasteiger partial charge >= 0.3 is 6.03 Å². The van der Waals surface area contributed by atoms with Crippen molar-refractivity contribution in [3.8, 4) is 0 Å². The number of anilines is 1. The van der Waals surface area contributed by atoms with E-state index in [4.69, 9.17) is 5.73 Å². The molecule has 0 fully saturated rings. The maximum Gasteiger partial charge on any atom is 0.318 e. The van der Waals surface area contributed by atoms with E-state index in [9.17, 15) is 4.79 Å². The minimum atomic E-state index is -0.615. The van der Waals surface area contributed by atoms with Crippen LogP contribution in [-0.2, 0) is 0 Å². The number of aromatic nitrogens is 2. The van der Waals surface area contributed by atoms with E-state index < -0.39 is 6.03 Å². The molecule has 5 nitrogen and oxygen atoms in total. The third-order valence-electron chi connectivity index (χ3n) is 0.756. The van der Waals surface area contributed by atoms with Gasteiger partial charge in [-0.25, -0.2) is 4.79 Å². The van der Waals surface area contributed by atoms with Crippen LogP contribution < -0.4 is 11.1 Å². The largest absolute Gasteiger partial charge is 0.351 e. The average molecular weight is 158 g/mol. The molecule has 0 bridgehead atoms. The van der Waals surface area contributed by atoms with Crippen LogP contribution in [0.25, 0.3) is 0 Å². The lowest BCUT2D eigenvalue weighted by molar-refractivity contribution is 0.259. The van der Waals surface area contributed by atoms with Crippen LogP contribution in [0.4, 0.5) is 9.93 Å². The number of nitrogens with one attached hydrogen (secondary N) is 1. The van der Waals surface area contributed by atoms with Crippen molar-refractivity contribution in [2.45, 2.75) is 6.92 Å². The number of amides is 2. The van der Waals surface area contributed by atoms with Gasteiger partial charge in [0.05, 0.1) is 0 Å². The minimum absolute atomic E-state index is 0.435. The van der Waals surface area contributed by atoms with Crippen molar-refractivity contribution < 1.29 is 4.79 Å². The van der Waals surface area contributed by atoms with Gasteiger partial charge in [-0.15, -0.1) is 10.2 Å². The van der Waals surface area contributed by atoms with E-state index in [-0.39, 0.29) is 0 Å². The molecule has 0 radical (unpaired) electrons. The van der Waals surface area contributed by atoms with Gasteiger partial charge in [-0.2, -0.15) is 0 Å². The van der Waals surface area contributed by atoms with Crippen LogP contribution in [0.5, 0.6) is 0 Å². The van der Waals surface area contributed by atoms with Crippen LogP contribution in [0.1, 0.15) is 5.01 Å². The zero-order valence-electron chi connectivity index (χ0n) is 5.29. The fourth-order valence-corrected chi connectivity index (χ4v) is 1.05. The zero-order chi connectivity index (χ0) is 7.56. The van der Waals surface area contributed by atoms with Gasteiger partial charge < -0.3 is 5.73 Å². The first-order chi connectivity index (χ1) is 4.68. The van der Waals surface area contributed by atoms with Crippen LogP contribution in [0, 0.1) is 6.92 Å². The van der Waals surface area contributed by atoms with Crippen molar-refractivity contribution in [3.05, 3.63) is 5.01 Å². The molecule has 0 saturated heterocycles. The monoisotopic (exact) mass is 158 g/mol. The van der Waals surface area contributed by atoms with Crippen LogP contribution in [0.3, 0.4) is 0 Å². The van der Waals surface area contributed by atoms with Gasteiger partial charge in [0.1, 0.15) is 5.01 Å². The van der Waals surface area contributed by atoms with Gasteiger partial charge in [0, 0.05) is 0 Å². The molecule has 0 spiro atoms. The van der Waals surface area contributed by atoms with Crippen LogP contribution in [0.2, 0.25) is 0 Å². The highest BCUT2D eigenvalue weighted by Crippen LogP contribution is 2.12. The molecule has 0 aliphatic carbocycles. The molecular weight excluding hydrogens is 152 g/mol. The summed E-state index contributed by atoms with van der Waals surface area (Å²) in [7, 11) is 0. The second-order valence-electron chi connectivity index (χ2n) is 1.62. The molecule has 2 amide bonds. The normalized spacial score (nSPS) is 9.30. The SMILES string of the molecule is Cc1nnc(NC(N)=O)s1. The van der Waals surface area contributed by atoms with Crippen LogP contribution in [-0.4, -0.2) is 16.2 Å². The molecule has 1 rings (SSSR count). The lowest BCUT2D eigenvalue weighted by Gasteiger charge is -1.89. The fourth-order valence-electron chi connectivity index (χ4n) is 0.452. The van der Waals surface area contributed by atoms with E-state index in [1.165, 1.54) is 11.3 Å². The molecule has 0 saturated carbocycles. The van der Waals surface area contributed by atoms with E-state index >= 15 is 0 Å². The van der Waals surface area contributed by atoms with Gasteiger partial charge in [0.2, 0.25) is 5.13 Å². The summed E-state index contributed by atoms with van der Waals surface area (Å²) in [4.78, 5) is 10.2. The molecule has 1 heterocycles. The van der Waals surface area contributed by atoms with Crippen molar-refractivity contribution >= 4 is 22.5 Å². The van der Waals surface area contributed by atoms with E-state index in [0.29, 0.717) is 5.13 Å². The van der Waals surface area contributed by atoms with Crippen molar-refractivity contribution in [1.82, 2.24) is 10.2 Å². The minimum Gasteiger partial charge on any atom is -0.351 e. The summed E-state index contributed by atoms with van der Waals surface area (Å²) in [6, 6.07) is -0.615. The smallest absolute Gasteiger partial charge is 0.318 e. The number of hydrogen-bond acceptors (Lipinski definition) is 4. The Kier molecular flexibility index (Phi) is 1.81. The Morgan fingerprint density at radius 1 is 1.70 bits per heavy atom. The second-order valence-corrected chi connectivity index (χ2v) is 2.80. The summed E-state index contributed by atoms with van der Waals surface area (Å²) in [5.41, 5.74) is 4.82. The van der Waals surface area contributed by atoms with E-state index in [0.717, 1.165) is 5.01 Å². The molecule has 0 aliphatic heterocycles. The lowest BCUT2D eigenvalue weighted by atomic mass is 10.9. The molecule has 54 valence electrons. The summed E-state index contributed by atoms with van der Waals surface area (Å²) in [5.74, 6) is 0. The maximum absolute atomic E-state index is 10.2. The maximum atomic E-state index is 10.2. The first-order valence-electron chi connectivity index (χ1n) is 2.55. The fraction of sp³-hybridized carbons (Fsp3) is 0.250. The predicted octanol–water partition coefficient (Wildman–Crippen LogP) is 0.337. The number of aryl methyl sites for hydroxylation is 1. The van der Waals surface area contributed by atoms with Crippen LogP contribution >= 0.6 is 11.3 Å². The Labute approximate surface area is 61.3 Å². The summed E-state index contributed by atoms with van der Waals surface area (Å²) in [6.45, 7) is 1.80. The molecule has 6 heteroatoms. The second kappa shape index (κ2) is 2.61. The number of primary amides is 1. The molecule has 0 atom stereocenters. The molecular formula is C4H6N4OS. The number of hydrogen-bond donors (Lipinski definition) is 2. The quantitative estimate of drug-likeness (QED) is 0.618. The summed E-state index contributed by atoms with van der Waals surface area (Å²) in [6.07, 6.45) is 0. The molecule has 1 aromatic heterocycles. The third kappa shape index (κ3) is 1.66. The first-order valence-corrected chi connectivity index (χ1v) is 3.36. The summed E-state index contributed by atoms with van der Waals surface area (Å²) >= 11 is 1.28. The Bertz CT molecular complexity index is 245. The number of carbonyl (C=O) groups is 1. The third-order valence-corrected chi connectivity index (χ3v) is 1.51. The molecule has 10 heavy (non-hydrogen) atoms. The summed E-state index contributed by atoms with van der Waals surface area (Å²) < 4.78 is 0. The number of urea groups is 1. The Hall–Kier alpha value is -1.17. The summed E-state index contributed by atoms with van der Waals surface area (Å²) in [5, 5.41) is 10.8. The molecule has 3 N–H and O–H groups in total. The first kappa shape index (κ1) is 6.94. The Balaban J connectivity index is 2.67. The highest BCUT2D eigenvalue weighted by molar-refractivity contribution is 7.15. The van der Waals surface area contributed by atoms with E-state index in [1.54, 1.807) is 6.92 Å². The lowest BCUT2D eigenvalue weighted by Crippen LogP contribution is -2.18. The highest BCUT2D eigenvalue weighted by atomic mass is 32.1. The van der Waals surface area contributed by atoms with Crippen molar-refractivity contribution in [2.24, 2.45) is 5.73 Å². The van der Waals surface area contributed by atoms with Crippen LogP contribution in [0.15, 0.2) is 0 Å². The number of nitrogens with two attached hydrogens (primary N) is 1. The van der Waals surface area contributed by atoms with E-state index in [2.05, 4.69) is 15.5 Å². The van der Waals surface area contributed by atoms with E-state index in [1.807, 2.05) is 0 Å².